The zero-order valence-corrected chi connectivity index (χ0v) is 13.4. The molecule has 2 rings (SSSR count). The van der Waals surface area contributed by atoms with Gasteiger partial charge in [-0.15, -0.1) is 0 Å². The predicted octanol–water partition coefficient (Wildman–Crippen LogP) is 1.99. The Labute approximate surface area is 136 Å². The molecular weight excluding hydrogens is 350 g/mol. The van der Waals surface area contributed by atoms with Crippen LogP contribution in [0, 0.1) is 6.92 Å². The van der Waals surface area contributed by atoms with E-state index in [-0.39, 0.29) is 6.61 Å². The molecule has 0 atom stereocenters. The number of nitrogens with zero attached hydrogens (tertiary/aromatic N) is 1. The van der Waals surface area contributed by atoms with Crippen molar-refractivity contribution in [3.05, 3.63) is 58.3 Å². The molecule has 0 saturated heterocycles. The van der Waals surface area contributed by atoms with Crippen LogP contribution >= 0.6 is 15.9 Å². The van der Waals surface area contributed by atoms with Crippen molar-refractivity contribution in [2.75, 3.05) is 6.61 Å². The summed E-state index contributed by atoms with van der Waals surface area (Å²) in [6.45, 7) is 1.72. The second-order valence-corrected chi connectivity index (χ2v) is 5.30. The highest BCUT2D eigenvalue weighted by Crippen LogP contribution is 2.21. The highest BCUT2D eigenvalue weighted by molar-refractivity contribution is 9.10. The van der Waals surface area contributed by atoms with E-state index in [4.69, 9.17) is 4.74 Å². The fourth-order valence-electron chi connectivity index (χ4n) is 1.59. The van der Waals surface area contributed by atoms with Gasteiger partial charge < -0.3 is 4.74 Å². The average molecular weight is 364 g/mol. The minimum absolute atomic E-state index is 0.200. The predicted molar refractivity (Wildman–Crippen MR) is 84.2 cm³/mol. The highest BCUT2D eigenvalue weighted by Gasteiger charge is 2.08. The number of pyridine rings is 1. The molecule has 6 nitrogen and oxygen atoms in total. The minimum atomic E-state index is -0.460. The van der Waals surface area contributed by atoms with Crippen LogP contribution in [0.25, 0.3) is 0 Å². The molecule has 1 aromatic heterocycles. The van der Waals surface area contributed by atoms with Crippen LogP contribution in [0.2, 0.25) is 0 Å². The first-order valence-electron chi connectivity index (χ1n) is 6.44. The molecule has 0 bridgehead atoms. The summed E-state index contributed by atoms with van der Waals surface area (Å²) in [7, 11) is 0. The topological polar surface area (TPSA) is 80.3 Å². The third kappa shape index (κ3) is 4.56. The lowest BCUT2D eigenvalue weighted by molar-refractivity contribution is -0.123. The van der Waals surface area contributed by atoms with Crippen molar-refractivity contribution in [3.8, 4) is 5.75 Å². The van der Waals surface area contributed by atoms with Gasteiger partial charge in [-0.2, -0.15) is 0 Å². The molecule has 0 unspecified atom stereocenters. The first-order chi connectivity index (χ1) is 10.6. The summed E-state index contributed by atoms with van der Waals surface area (Å²) in [5, 5.41) is 0. The summed E-state index contributed by atoms with van der Waals surface area (Å²) < 4.78 is 6.31. The van der Waals surface area contributed by atoms with Gasteiger partial charge in [-0.25, -0.2) is 0 Å². The molecule has 0 fully saturated rings. The van der Waals surface area contributed by atoms with Crippen LogP contribution in [0.3, 0.4) is 0 Å². The van der Waals surface area contributed by atoms with Crippen molar-refractivity contribution in [1.82, 2.24) is 15.8 Å². The van der Waals surface area contributed by atoms with E-state index in [1.54, 1.807) is 24.4 Å². The monoisotopic (exact) mass is 363 g/mol. The third-order valence-electron chi connectivity index (χ3n) is 2.74. The van der Waals surface area contributed by atoms with Crippen LogP contribution in [-0.4, -0.2) is 23.4 Å². The van der Waals surface area contributed by atoms with E-state index in [9.17, 15) is 9.59 Å². The number of nitrogens with one attached hydrogen (secondary N) is 2. The molecule has 0 saturated carbocycles. The number of hydrogen-bond donors (Lipinski definition) is 2. The summed E-state index contributed by atoms with van der Waals surface area (Å²) in [5.41, 5.74) is 5.92. The number of ether oxygens (including phenoxy) is 1. The SMILES string of the molecule is Cc1cc(OCC(=O)NNC(=O)c2cccnc2)ccc1Br. The number of amides is 2. The van der Waals surface area contributed by atoms with E-state index in [0.717, 1.165) is 10.0 Å². The van der Waals surface area contributed by atoms with E-state index in [2.05, 4.69) is 31.8 Å². The largest absolute Gasteiger partial charge is 0.484 e. The molecule has 0 aliphatic heterocycles. The Morgan fingerprint density at radius 1 is 1.27 bits per heavy atom. The number of aromatic nitrogens is 1. The van der Waals surface area contributed by atoms with Gasteiger partial charge >= 0.3 is 0 Å². The van der Waals surface area contributed by atoms with Gasteiger partial charge in [0, 0.05) is 16.9 Å². The quantitative estimate of drug-likeness (QED) is 0.814. The molecule has 1 heterocycles. The van der Waals surface area contributed by atoms with E-state index < -0.39 is 11.8 Å². The molecule has 0 radical (unpaired) electrons. The van der Waals surface area contributed by atoms with Gasteiger partial charge in [0.2, 0.25) is 0 Å². The highest BCUT2D eigenvalue weighted by atomic mass is 79.9. The molecular formula is C15H14BrN3O3. The molecule has 7 heteroatoms. The van der Waals surface area contributed by atoms with E-state index >= 15 is 0 Å². The first-order valence-corrected chi connectivity index (χ1v) is 7.24. The lowest BCUT2D eigenvalue weighted by atomic mass is 10.2. The number of carbonyl (C=O) groups is 2. The lowest BCUT2D eigenvalue weighted by Crippen LogP contribution is -2.43. The Morgan fingerprint density at radius 3 is 2.77 bits per heavy atom. The van der Waals surface area contributed by atoms with Crippen LogP contribution < -0.4 is 15.6 Å². The number of benzene rings is 1. The Kier molecular flexibility index (Phi) is 5.48. The lowest BCUT2D eigenvalue weighted by Gasteiger charge is -2.09. The Balaban J connectivity index is 1.78. The third-order valence-corrected chi connectivity index (χ3v) is 3.63. The summed E-state index contributed by atoms with van der Waals surface area (Å²) in [4.78, 5) is 27.1. The summed E-state index contributed by atoms with van der Waals surface area (Å²) in [6, 6.07) is 8.63. The fraction of sp³-hybridized carbons (Fsp3) is 0.133. The summed E-state index contributed by atoms with van der Waals surface area (Å²) >= 11 is 3.38. The number of hydrogen-bond acceptors (Lipinski definition) is 4. The molecule has 0 spiro atoms. The molecule has 0 aliphatic carbocycles. The zero-order chi connectivity index (χ0) is 15.9. The van der Waals surface area contributed by atoms with Gasteiger partial charge in [0.15, 0.2) is 6.61 Å². The normalized spacial score (nSPS) is 9.91. The standard InChI is InChI=1S/C15H14BrN3O3/c1-10-7-12(4-5-13(10)16)22-9-14(20)18-19-15(21)11-3-2-6-17-8-11/h2-8H,9H2,1H3,(H,18,20)(H,19,21). The maximum Gasteiger partial charge on any atom is 0.276 e. The van der Waals surface area contributed by atoms with Crippen molar-refractivity contribution in [3.63, 3.8) is 0 Å². The van der Waals surface area contributed by atoms with E-state index in [1.807, 2.05) is 19.1 Å². The maximum absolute atomic E-state index is 11.7. The summed E-state index contributed by atoms with van der Waals surface area (Å²) in [6.07, 6.45) is 2.96. The smallest absolute Gasteiger partial charge is 0.276 e. The van der Waals surface area contributed by atoms with Crippen LogP contribution in [0.5, 0.6) is 5.75 Å². The van der Waals surface area contributed by atoms with Gasteiger partial charge in [0.1, 0.15) is 5.75 Å². The minimum Gasteiger partial charge on any atom is -0.484 e. The molecule has 2 aromatic rings. The van der Waals surface area contributed by atoms with Gasteiger partial charge in [-0.05, 0) is 42.8 Å². The molecule has 2 amide bonds. The van der Waals surface area contributed by atoms with Crippen LogP contribution in [0.1, 0.15) is 15.9 Å². The number of halogens is 1. The number of carbonyl (C=O) groups excluding carboxylic acids is 2. The van der Waals surface area contributed by atoms with Crippen molar-refractivity contribution in [1.29, 1.82) is 0 Å². The average Bonchev–Trinajstić information content (AvgIpc) is 2.54. The Bertz CT molecular complexity index is 677. The molecule has 22 heavy (non-hydrogen) atoms. The Hall–Kier alpha value is -2.41. The number of hydrazine groups is 1. The first kappa shape index (κ1) is 16.0. The fourth-order valence-corrected chi connectivity index (χ4v) is 1.83. The van der Waals surface area contributed by atoms with Crippen molar-refractivity contribution < 1.29 is 14.3 Å². The van der Waals surface area contributed by atoms with Gasteiger partial charge in [-0.1, -0.05) is 15.9 Å². The second kappa shape index (κ2) is 7.56. The zero-order valence-electron chi connectivity index (χ0n) is 11.8. The van der Waals surface area contributed by atoms with Crippen LogP contribution in [-0.2, 0) is 4.79 Å². The molecule has 114 valence electrons. The van der Waals surface area contributed by atoms with E-state index in [0.29, 0.717) is 11.3 Å². The van der Waals surface area contributed by atoms with Crippen molar-refractivity contribution >= 4 is 27.7 Å². The van der Waals surface area contributed by atoms with Crippen molar-refractivity contribution in [2.24, 2.45) is 0 Å². The molecule has 1 aromatic carbocycles. The number of aryl methyl sites for hydroxylation is 1. The molecule has 2 N–H and O–H groups in total. The number of rotatable bonds is 4. The van der Waals surface area contributed by atoms with Crippen LogP contribution in [0.15, 0.2) is 47.2 Å². The Morgan fingerprint density at radius 2 is 2.09 bits per heavy atom. The summed E-state index contributed by atoms with van der Waals surface area (Å²) in [5.74, 6) is -0.326. The second-order valence-electron chi connectivity index (χ2n) is 4.44. The maximum atomic E-state index is 11.7. The van der Waals surface area contributed by atoms with Crippen molar-refractivity contribution in [2.45, 2.75) is 6.92 Å². The van der Waals surface area contributed by atoms with E-state index in [1.165, 1.54) is 6.20 Å². The molecule has 0 aliphatic rings. The van der Waals surface area contributed by atoms with Crippen LogP contribution in [0.4, 0.5) is 0 Å². The van der Waals surface area contributed by atoms with Gasteiger partial charge in [0.25, 0.3) is 11.8 Å². The van der Waals surface area contributed by atoms with Gasteiger partial charge in [0.05, 0.1) is 5.56 Å². The van der Waals surface area contributed by atoms with Gasteiger partial charge in [-0.3, -0.25) is 25.4 Å².